The van der Waals surface area contributed by atoms with E-state index in [4.69, 9.17) is 4.74 Å². The van der Waals surface area contributed by atoms with E-state index in [0.29, 0.717) is 0 Å². The maximum Gasteiger partial charge on any atom is 0.342 e. The summed E-state index contributed by atoms with van der Waals surface area (Å²) in [6, 6.07) is 14.4. The first-order valence-electron chi connectivity index (χ1n) is 6.13. The Hall–Kier alpha value is -2.29. The summed E-state index contributed by atoms with van der Waals surface area (Å²) in [6.45, 7) is 3.65. The molecule has 0 saturated heterocycles. The summed E-state index contributed by atoms with van der Waals surface area (Å²) in [5, 5.41) is 9.74. The van der Waals surface area contributed by atoms with Gasteiger partial charge in [-0.1, -0.05) is 36.4 Å². The average Bonchev–Trinajstić information content (AvgIpc) is 2.39. The van der Waals surface area contributed by atoms with Crippen molar-refractivity contribution in [3.63, 3.8) is 0 Å². The molecule has 1 N–H and O–H groups in total. The number of rotatable bonds is 3. The Morgan fingerprint density at radius 2 is 1.84 bits per heavy atom. The molecule has 0 spiro atoms. The van der Waals surface area contributed by atoms with E-state index in [9.17, 15) is 9.90 Å². The number of phenolic OH excluding ortho intramolecular Hbond substituents is 1. The highest BCUT2D eigenvalue weighted by Gasteiger charge is 2.16. The summed E-state index contributed by atoms with van der Waals surface area (Å²) < 4.78 is 5.34. The molecule has 0 heterocycles. The zero-order valence-electron chi connectivity index (χ0n) is 11.0. The van der Waals surface area contributed by atoms with Crippen LogP contribution in [0.5, 0.6) is 5.75 Å². The van der Waals surface area contributed by atoms with Gasteiger partial charge in [0.15, 0.2) is 0 Å². The Morgan fingerprint density at radius 3 is 2.47 bits per heavy atom. The second-order valence-corrected chi connectivity index (χ2v) is 4.48. The van der Waals surface area contributed by atoms with Crippen molar-refractivity contribution in [3.8, 4) is 5.75 Å². The molecule has 0 saturated carbocycles. The molecular formula is C16H16O3. The lowest BCUT2D eigenvalue weighted by atomic mass is 10.1. The van der Waals surface area contributed by atoms with Crippen LogP contribution in [0.4, 0.5) is 0 Å². The number of aromatic hydroxyl groups is 1. The van der Waals surface area contributed by atoms with E-state index in [1.54, 1.807) is 25.1 Å². The molecule has 0 bridgehead atoms. The number of esters is 1. The van der Waals surface area contributed by atoms with E-state index in [0.717, 1.165) is 11.1 Å². The van der Waals surface area contributed by atoms with E-state index in [-0.39, 0.29) is 17.4 Å². The molecule has 0 aromatic heterocycles. The van der Waals surface area contributed by atoms with Crippen LogP contribution in [0.15, 0.2) is 48.5 Å². The van der Waals surface area contributed by atoms with Crippen LogP contribution in [0.25, 0.3) is 0 Å². The van der Waals surface area contributed by atoms with Gasteiger partial charge in [-0.25, -0.2) is 4.79 Å². The van der Waals surface area contributed by atoms with E-state index in [1.807, 2.05) is 37.3 Å². The van der Waals surface area contributed by atoms with Crippen molar-refractivity contribution in [1.82, 2.24) is 0 Å². The van der Waals surface area contributed by atoms with Crippen molar-refractivity contribution >= 4 is 5.97 Å². The van der Waals surface area contributed by atoms with Gasteiger partial charge in [0.25, 0.3) is 0 Å². The van der Waals surface area contributed by atoms with Gasteiger partial charge in [-0.15, -0.1) is 0 Å². The fraction of sp³-hybridized carbons (Fsp3) is 0.188. The molecule has 0 aliphatic rings. The molecule has 1 atom stereocenters. The lowest BCUT2D eigenvalue weighted by molar-refractivity contribution is 0.0334. The molecule has 0 fully saturated rings. The van der Waals surface area contributed by atoms with Gasteiger partial charge in [0.1, 0.15) is 17.4 Å². The summed E-state index contributed by atoms with van der Waals surface area (Å²) in [4.78, 5) is 12.0. The fourth-order valence-corrected chi connectivity index (χ4v) is 1.83. The lowest BCUT2D eigenvalue weighted by Gasteiger charge is -2.14. The molecular weight excluding hydrogens is 240 g/mol. The van der Waals surface area contributed by atoms with Gasteiger partial charge in [-0.2, -0.15) is 0 Å². The van der Waals surface area contributed by atoms with Gasteiger partial charge in [0.05, 0.1) is 0 Å². The number of benzene rings is 2. The predicted octanol–water partition coefficient (Wildman–Crippen LogP) is 3.62. The molecule has 2 aromatic rings. The van der Waals surface area contributed by atoms with Gasteiger partial charge in [0, 0.05) is 0 Å². The number of ether oxygens (including phenoxy) is 1. The standard InChI is InChI=1S/C16H16O3/c1-11-8-9-14(15(17)10-11)16(18)19-12(2)13-6-4-3-5-7-13/h3-10,12,17H,1-2H3/t12-/m1/s1. The minimum absolute atomic E-state index is 0.0507. The van der Waals surface area contributed by atoms with Crippen LogP contribution in [0.2, 0.25) is 0 Å². The maximum atomic E-state index is 12.0. The molecule has 0 aliphatic carbocycles. The van der Waals surface area contributed by atoms with Crippen molar-refractivity contribution in [2.24, 2.45) is 0 Å². The topological polar surface area (TPSA) is 46.5 Å². The number of phenols is 1. The molecule has 0 aliphatic heterocycles. The van der Waals surface area contributed by atoms with Crippen molar-refractivity contribution in [3.05, 3.63) is 65.2 Å². The number of carbonyl (C=O) groups excluding carboxylic acids is 1. The quantitative estimate of drug-likeness (QED) is 0.853. The summed E-state index contributed by atoms with van der Waals surface area (Å²) in [7, 11) is 0. The first kappa shape index (κ1) is 13.1. The first-order valence-corrected chi connectivity index (χ1v) is 6.13. The Bertz CT molecular complexity index is 576. The molecule has 2 aromatic carbocycles. The van der Waals surface area contributed by atoms with Crippen LogP contribution in [-0.4, -0.2) is 11.1 Å². The van der Waals surface area contributed by atoms with E-state index in [1.165, 1.54) is 0 Å². The number of hydrogen-bond donors (Lipinski definition) is 1. The molecule has 3 heteroatoms. The van der Waals surface area contributed by atoms with E-state index in [2.05, 4.69) is 0 Å². The molecule has 0 amide bonds. The van der Waals surface area contributed by atoms with Gasteiger partial charge in [-0.05, 0) is 37.1 Å². The van der Waals surface area contributed by atoms with Crippen molar-refractivity contribution in [2.75, 3.05) is 0 Å². The number of hydrogen-bond acceptors (Lipinski definition) is 3. The molecule has 2 rings (SSSR count). The highest BCUT2D eigenvalue weighted by molar-refractivity contribution is 5.92. The van der Waals surface area contributed by atoms with Crippen LogP contribution in [0.3, 0.4) is 0 Å². The largest absolute Gasteiger partial charge is 0.507 e. The Labute approximate surface area is 112 Å². The van der Waals surface area contributed by atoms with Crippen LogP contribution in [0.1, 0.15) is 34.5 Å². The highest BCUT2D eigenvalue weighted by Crippen LogP contribution is 2.23. The summed E-state index contributed by atoms with van der Waals surface area (Å²) in [5.41, 5.74) is 2.00. The zero-order valence-corrected chi connectivity index (χ0v) is 11.0. The Morgan fingerprint density at radius 1 is 1.16 bits per heavy atom. The SMILES string of the molecule is Cc1ccc(C(=O)O[C@H](C)c2ccccc2)c(O)c1. The highest BCUT2D eigenvalue weighted by atomic mass is 16.5. The summed E-state index contributed by atoms with van der Waals surface area (Å²) in [5.74, 6) is -0.570. The number of carbonyl (C=O) groups is 1. The molecule has 0 unspecified atom stereocenters. The average molecular weight is 256 g/mol. The Balaban J connectivity index is 2.13. The molecule has 19 heavy (non-hydrogen) atoms. The van der Waals surface area contributed by atoms with Gasteiger partial charge < -0.3 is 9.84 Å². The molecule has 0 radical (unpaired) electrons. The first-order chi connectivity index (χ1) is 9.08. The van der Waals surface area contributed by atoms with Crippen molar-refractivity contribution in [2.45, 2.75) is 20.0 Å². The minimum Gasteiger partial charge on any atom is -0.507 e. The van der Waals surface area contributed by atoms with Crippen LogP contribution in [0, 0.1) is 6.92 Å². The van der Waals surface area contributed by atoms with Gasteiger partial charge in [-0.3, -0.25) is 0 Å². The normalized spacial score (nSPS) is 11.9. The lowest BCUT2D eigenvalue weighted by Crippen LogP contribution is -2.09. The van der Waals surface area contributed by atoms with Crippen LogP contribution >= 0.6 is 0 Å². The third-order valence-electron chi connectivity index (χ3n) is 2.93. The van der Waals surface area contributed by atoms with E-state index < -0.39 is 5.97 Å². The third kappa shape index (κ3) is 3.13. The van der Waals surface area contributed by atoms with E-state index >= 15 is 0 Å². The zero-order chi connectivity index (χ0) is 13.8. The fourth-order valence-electron chi connectivity index (χ4n) is 1.83. The van der Waals surface area contributed by atoms with Crippen LogP contribution < -0.4 is 0 Å². The maximum absolute atomic E-state index is 12.0. The minimum atomic E-state index is -0.520. The third-order valence-corrected chi connectivity index (χ3v) is 2.93. The second-order valence-electron chi connectivity index (χ2n) is 4.48. The summed E-state index contributed by atoms with van der Waals surface area (Å²) >= 11 is 0. The van der Waals surface area contributed by atoms with Crippen LogP contribution in [-0.2, 0) is 4.74 Å². The smallest absolute Gasteiger partial charge is 0.342 e. The Kier molecular flexibility index (Phi) is 3.85. The predicted molar refractivity (Wildman–Crippen MR) is 73.1 cm³/mol. The van der Waals surface area contributed by atoms with Gasteiger partial charge >= 0.3 is 5.97 Å². The number of aryl methyl sites for hydroxylation is 1. The molecule has 98 valence electrons. The van der Waals surface area contributed by atoms with Crippen molar-refractivity contribution < 1.29 is 14.6 Å². The van der Waals surface area contributed by atoms with Gasteiger partial charge in [0.2, 0.25) is 0 Å². The van der Waals surface area contributed by atoms with Crippen molar-refractivity contribution in [1.29, 1.82) is 0 Å². The second kappa shape index (κ2) is 5.57. The summed E-state index contributed by atoms with van der Waals surface area (Å²) in [6.07, 6.45) is -0.352. The monoisotopic (exact) mass is 256 g/mol. The molecule has 3 nitrogen and oxygen atoms in total.